The Balaban J connectivity index is 2.66. The minimum absolute atomic E-state index is 0.163. The molecule has 17 heavy (non-hydrogen) atoms. The lowest BCUT2D eigenvalue weighted by molar-refractivity contribution is -0.00764. The number of ether oxygens (including phenoxy) is 1. The third-order valence-electron chi connectivity index (χ3n) is 3.44. The summed E-state index contributed by atoms with van der Waals surface area (Å²) in [5.74, 6) is 0. The first-order chi connectivity index (χ1) is 7.86. The maximum atomic E-state index is 5.49. The molecule has 2 unspecified atom stereocenters. The van der Waals surface area contributed by atoms with Gasteiger partial charge in [0.05, 0.1) is 5.60 Å². The Kier molecular flexibility index (Phi) is 5.17. The van der Waals surface area contributed by atoms with Crippen molar-refractivity contribution in [1.29, 1.82) is 0 Å². The predicted octanol–water partition coefficient (Wildman–Crippen LogP) is 3.91. The normalized spacial score (nSPS) is 15.6. The van der Waals surface area contributed by atoms with Crippen molar-refractivity contribution in [3.8, 4) is 0 Å². The second-order valence-electron chi connectivity index (χ2n) is 4.97. The van der Waals surface area contributed by atoms with Crippen LogP contribution in [0.2, 0.25) is 0 Å². The molecule has 1 rings (SSSR count). The highest BCUT2D eigenvalue weighted by molar-refractivity contribution is 9.10. The van der Waals surface area contributed by atoms with E-state index in [1.807, 2.05) is 0 Å². The van der Waals surface area contributed by atoms with Gasteiger partial charge in [-0.3, -0.25) is 0 Å². The van der Waals surface area contributed by atoms with Crippen LogP contribution in [0.3, 0.4) is 0 Å². The zero-order valence-corrected chi connectivity index (χ0v) is 12.8. The lowest BCUT2D eigenvalue weighted by Crippen LogP contribution is -2.46. The molecule has 0 radical (unpaired) electrons. The van der Waals surface area contributed by atoms with Crippen molar-refractivity contribution in [3.63, 3.8) is 0 Å². The van der Waals surface area contributed by atoms with Gasteiger partial charge in [-0.2, -0.15) is 0 Å². The topological polar surface area (TPSA) is 21.3 Å². The number of benzene rings is 1. The van der Waals surface area contributed by atoms with Crippen LogP contribution in [-0.2, 0) is 4.74 Å². The molecule has 3 heteroatoms. The van der Waals surface area contributed by atoms with Gasteiger partial charge in [0, 0.05) is 23.7 Å². The second-order valence-corrected chi connectivity index (χ2v) is 5.88. The predicted molar refractivity (Wildman–Crippen MR) is 76.2 cm³/mol. The molecular weight excluding hydrogens is 278 g/mol. The highest BCUT2D eigenvalue weighted by Crippen LogP contribution is 2.20. The number of hydrogen-bond donors (Lipinski definition) is 1. The fourth-order valence-corrected chi connectivity index (χ4v) is 1.86. The fraction of sp³-hybridized carbons (Fsp3) is 0.571. The van der Waals surface area contributed by atoms with Crippen LogP contribution in [0.25, 0.3) is 0 Å². The molecule has 0 aliphatic heterocycles. The molecule has 0 aliphatic carbocycles. The summed E-state index contributed by atoms with van der Waals surface area (Å²) in [5.41, 5.74) is 1.12. The molecule has 2 nitrogen and oxygen atoms in total. The first-order valence-corrected chi connectivity index (χ1v) is 6.73. The lowest BCUT2D eigenvalue weighted by atomic mass is 9.98. The van der Waals surface area contributed by atoms with E-state index in [0.717, 1.165) is 4.47 Å². The summed E-state index contributed by atoms with van der Waals surface area (Å²) in [7, 11) is 1.75. The Hall–Kier alpha value is -0.380. The van der Waals surface area contributed by atoms with E-state index in [-0.39, 0.29) is 11.6 Å². The average Bonchev–Trinajstić information content (AvgIpc) is 2.29. The van der Waals surface area contributed by atoms with Crippen LogP contribution in [-0.4, -0.2) is 18.8 Å². The molecule has 0 aromatic heterocycles. The van der Waals surface area contributed by atoms with Crippen LogP contribution in [0.4, 0.5) is 0 Å². The summed E-state index contributed by atoms with van der Waals surface area (Å²) in [6.45, 7) is 8.52. The molecule has 0 spiro atoms. The van der Waals surface area contributed by atoms with Gasteiger partial charge < -0.3 is 10.1 Å². The number of nitrogens with one attached hydrogen (secondary N) is 1. The van der Waals surface area contributed by atoms with Crippen molar-refractivity contribution in [2.75, 3.05) is 7.11 Å². The molecule has 0 fully saturated rings. The van der Waals surface area contributed by atoms with Crippen molar-refractivity contribution in [1.82, 2.24) is 5.32 Å². The molecule has 1 aromatic rings. The van der Waals surface area contributed by atoms with Crippen LogP contribution in [0.5, 0.6) is 0 Å². The quantitative estimate of drug-likeness (QED) is 0.890. The van der Waals surface area contributed by atoms with Crippen molar-refractivity contribution in [3.05, 3.63) is 34.3 Å². The van der Waals surface area contributed by atoms with Gasteiger partial charge >= 0.3 is 0 Å². The molecule has 0 aliphatic rings. The smallest absolute Gasteiger partial charge is 0.0772 e. The highest BCUT2D eigenvalue weighted by atomic mass is 79.9. The molecule has 96 valence electrons. The van der Waals surface area contributed by atoms with Gasteiger partial charge in [-0.05, 0) is 45.4 Å². The third-order valence-corrected chi connectivity index (χ3v) is 3.97. The summed E-state index contributed by atoms with van der Waals surface area (Å²) >= 11 is 3.45. The summed E-state index contributed by atoms with van der Waals surface area (Å²) in [6.07, 6.45) is 0. The fourth-order valence-electron chi connectivity index (χ4n) is 1.60. The summed E-state index contributed by atoms with van der Waals surface area (Å²) < 4.78 is 6.60. The van der Waals surface area contributed by atoms with Gasteiger partial charge in [-0.25, -0.2) is 0 Å². The van der Waals surface area contributed by atoms with Crippen LogP contribution >= 0.6 is 15.9 Å². The summed E-state index contributed by atoms with van der Waals surface area (Å²) in [5, 5.41) is 3.57. The van der Waals surface area contributed by atoms with E-state index in [4.69, 9.17) is 4.74 Å². The van der Waals surface area contributed by atoms with Crippen LogP contribution in [0.1, 0.15) is 39.3 Å². The third kappa shape index (κ3) is 4.09. The maximum absolute atomic E-state index is 5.49. The molecule has 0 amide bonds. The van der Waals surface area contributed by atoms with E-state index >= 15 is 0 Å². The molecule has 1 aromatic carbocycles. The van der Waals surface area contributed by atoms with E-state index < -0.39 is 0 Å². The van der Waals surface area contributed by atoms with Crippen LogP contribution in [0.15, 0.2) is 28.7 Å². The van der Waals surface area contributed by atoms with E-state index in [2.05, 4.69) is 73.2 Å². The first kappa shape index (κ1) is 14.7. The molecule has 2 atom stereocenters. The summed E-state index contributed by atoms with van der Waals surface area (Å²) in [6, 6.07) is 9.00. The van der Waals surface area contributed by atoms with Crippen molar-refractivity contribution < 1.29 is 4.74 Å². The molecule has 0 saturated carbocycles. The SMILES string of the molecule is COC(C)(C)C(C)NC(C)c1ccc(Br)cc1. The van der Waals surface area contributed by atoms with Crippen LogP contribution in [0, 0.1) is 0 Å². The van der Waals surface area contributed by atoms with Gasteiger partial charge in [-0.1, -0.05) is 28.1 Å². The lowest BCUT2D eigenvalue weighted by Gasteiger charge is -2.33. The number of methoxy groups -OCH3 is 1. The van der Waals surface area contributed by atoms with Crippen molar-refractivity contribution in [2.45, 2.75) is 45.4 Å². The second kappa shape index (κ2) is 5.98. The molecule has 0 bridgehead atoms. The maximum Gasteiger partial charge on any atom is 0.0772 e. The molecule has 1 N–H and O–H groups in total. The van der Waals surface area contributed by atoms with Gasteiger partial charge in [-0.15, -0.1) is 0 Å². The van der Waals surface area contributed by atoms with E-state index in [1.54, 1.807) is 7.11 Å². The molecular formula is C14H22BrNO. The van der Waals surface area contributed by atoms with Gasteiger partial charge in [0.2, 0.25) is 0 Å². The van der Waals surface area contributed by atoms with Gasteiger partial charge in [0.25, 0.3) is 0 Å². The number of rotatable bonds is 5. The van der Waals surface area contributed by atoms with Crippen LogP contribution < -0.4 is 5.32 Å². The zero-order chi connectivity index (χ0) is 13.1. The van der Waals surface area contributed by atoms with E-state index in [0.29, 0.717) is 6.04 Å². The minimum atomic E-state index is -0.163. The Labute approximate surface area is 113 Å². The Bertz CT molecular complexity index is 348. The van der Waals surface area contributed by atoms with Gasteiger partial charge in [0.15, 0.2) is 0 Å². The standard InChI is InChI=1S/C14H22BrNO/c1-10(12-6-8-13(15)9-7-12)16-11(2)14(3,4)17-5/h6-11,16H,1-5H3. The first-order valence-electron chi connectivity index (χ1n) is 5.93. The largest absolute Gasteiger partial charge is 0.377 e. The highest BCUT2D eigenvalue weighted by Gasteiger charge is 2.26. The Morgan fingerprint density at radius 2 is 1.71 bits per heavy atom. The number of hydrogen-bond acceptors (Lipinski definition) is 2. The van der Waals surface area contributed by atoms with Crippen molar-refractivity contribution in [2.24, 2.45) is 0 Å². The minimum Gasteiger partial charge on any atom is -0.377 e. The van der Waals surface area contributed by atoms with Gasteiger partial charge in [0.1, 0.15) is 0 Å². The van der Waals surface area contributed by atoms with Crippen molar-refractivity contribution >= 4 is 15.9 Å². The van der Waals surface area contributed by atoms with E-state index in [9.17, 15) is 0 Å². The monoisotopic (exact) mass is 299 g/mol. The molecule has 0 heterocycles. The summed E-state index contributed by atoms with van der Waals surface area (Å²) in [4.78, 5) is 0. The zero-order valence-electron chi connectivity index (χ0n) is 11.3. The van der Waals surface area contributed by atoms with E-state index in [1.165, 1.54) is 5.56 Å². The molecule has 0 saturated heterocycles. The number of halogens is 1. The average molecular weight is 300 g/mol. The Morgan fingerprint density at radius 1 is 1.18 bits per heavy atom. The Morgan fingerprint density at radius 3 is 2.18 bits per heavy atom.